The molecule has 58 heavy (non-hydrogen) atoms. The van der Waals surface area contributed by atoms with Crippen LogP contribution >= 0.6 is 0 Å². The van der Waals surface area contributed by atoms with Gasteiger partial charge < -0.3 is 8.98 Å². The van der Waals surface area contributed by atoms with Crippen molar-refractivity contribution in [1.29, 1.82) is 5.26 Å². The van der Waals surface area contributed by atoms with Crippen molar-refractivity contribution in [2.45, 2.75) is 0 Å². The molecule has 0 amide bonds. The Morgan fingerprint density at radius 2 is 0.983 bits per heavy atom. The van der Waals surface area contributed by atoms with E-state index in [1.807, 2.05) is 78.9 Å². The zero-order chi connectivity index (χ0) is 38.6. The molecule has 0 radical (unpaired) electrons. The second-order valence-corrected chi connectivity index (χ2v) is 14.4. The summed E-state index contributed by atoms with van der Waals surface area (Å²) in [6, 6.07) is 69.0. The number of aromatic nitrogens is 3. The molecule has 270 valence electrons. The SMILES string of the molecule is N#Cc1c(-c2ccccc2)nc(-c2ccc(-c3ccccc3)c(-c3ccccc3)c2-n2c3ccccc3c3c4oc5ccccc5c4ccc32)nc1-c1ccccc1. The van der Waals surface area contributed by atoms with Crippen LogP contribution in [0, 0.1) is 11.3 Å². The average Bonchev–Trinajstić information content (AvgIpc) is 3.85. The Labute approximate surface area is 334 Å². The molecule has 0 aliphatic rings. The molecule has 3 heterocycles. The summed E-state index contributed by atoms with van der Waals surface area (Å²) in [4.78, 5) is 10.7. The van der Waals surface area contributed by atoms with Crippen LogP contribution < -0.4 is 0 Å². The van der Waals surface area contributed by atoms with E-state index in [0.29, 0.717) is 22.8 Å². The van der Waals surface area contributed by atoms with Gasteiger partial charge in [0.15, 0.2) is 5.82 Å². The number of fused-ring (bicyclic) bond motifs is 7. The van der Waals surface area contributed by atoms with Gasteiger partial charge in [0.05, 0.1) is 33.5 Å². The summed E-state index contributed by atoms with van der Waals surface area (Å²) in [7, 11) is 0. The van der Waals surface area contributed by atoms with Gasteiger partial charge in [-0.15, -0.1) is 0 Å². The van der Waals surface area contributed by atoms with Gasteiger partial charge in [-0.2, -0.15) is 5.26 Å². The minimum atomic E-state index is 0.427. The van der Waals surface area contributed by atoms with Crippen LogP contribution in [0.2, 0.25) is 0 Å². The fourth-order valence-corrected chi connectivity index (χ4v) is 8.53. The van der Waals surface area contributed by atoms with Gasteiger partial charge in [-0.1, -0.05) is 164 Å². The molecule has 0 N–H and O–H groups in total. The molecule has 0 aliphatic carbocycles. The van der Waals surface area contributed by atoms with E-state index in [4.69, 9.17) is 14.4 Å². The highest BCUT2D eigenvalue weighted by atomic mass is 16.3. The maximum absolute atomic E-state index is 10.8. The van der Waals surface area contributed by atoms with Gasteiger partial charge in [0, 0.05) is 38.4 Å². The van der Waals surface area contributed by atoms with E-state index in [2.05, 4.69) is 126 Å². The maximum atomic E-state index is 10.8. The van der Waals surface area contributed by atoms with Gasteiger partial charge in [0.2, 0.25) is 0 Å². The lowest BCUT2D eigenvalue weighted by Gasteiger charge is -2.22. The number of hydrogen-bond donors (Lipinski definition) is 0. The molecule has 0 saturated heterocycles. The van der Waals surface area contributed by atoms with Gasteiger partial charge in [-0.3, -0.25) is 0 Å². The van der Waals surface area contributed by atoms with E-state index < -0.39 is 0 Å². The molecule has 11 rings (SSSR count). The molecule has 11 aromatic rings. The van der Waals surface area contributed by atoms with Gasteiger partial charge in [0.25, 0.3) is 0 Å². The van der Waals surface area contributed by atoms with Crippen molar-refractivity contribution in [3.63, 3.8) is 0 Å². The fraction of sp³-hybridized carbons (Fsp3) is 0. The van der Waals surface area contributed by atoms with Crippen LogP contribution in [0.15, 0.2) is 199 Å². The Bertz CT molecular complexity index is 3320. The third-order valence-electron chi connectivity index (χ3n) is 11.1. The first-order chi connectivity index (χ1) is 28.8. The molecule has 0 fully saturated rings. The second kappa shape index (κ2) is 13.6. The Morgan fingerprint density at radius 3 is 1.62 bits per heavy atom. The number of nitriles is 1. The molecule has 0 unspecified atom stereocenters. The lowest BCUT2D eigenvalue weighted by atomic mass is 9.90. The number of furan rings is 1. The van der Waals surface area contributed by atoms with Crippen LogP contribution in [0.25, 0.3) is 106 Å². The van der Waals surface area contributed by atoms with Gasteiger partial charge in [-0.05, 0) is 47.0 Å². The monoisotopic (exact) mass is 740 g/mol. The van der Waals surface area contributed by atoms with E-state index in [0.717, 1.165) is 88.4 Å². The van der Waals surface area contributed by atoms with Crippen molar-refractivity contribution >= 4 is 43.7 Å². The molecule has 0 atom stereocenters. The van der Waals surface area contributed by atoms with Crippen molar-refractivity contribution in [1.82, 2.24) is 14.5 Å². The highest BCUT2D eigenvalue weighted by Crippen LogP contribution is 2.47. The normalized spacial score (nSPS) is 11.4. The van der Waals surface area contributed by atoms with Crippen molar-refractivity contribution in [3.8, 4) is 67.9 Å². The van der Waals surface area contributed by atoms with Crippen molar-refractivity contribution in [2.75, 3.05) is 0 Å². The highest BCUT2D eigenvalue weighted by Gasteiger charge is 2.27. The number of nitrogens with zero attached hydrogens (tertiary/aromatic N) is 4. The van der Waals surface area contributed by atoms with Crippen molar-refractivity contribution in [2.24, 2.45) is 0 Å². The molecule has 0 saturated carbocycles. The van der Waals surface area contributed by atoms with Crippen molar-refractivity contribution < 1.29 is 4.42 Å². The van der Waals surface area contributed by atoms with Crippen molar-refractivity contribution in [3.05, 3.63) is 200 Å². The summed E-state index contributed by atoms with van der Waals surface area (Å²) in [6.07, 6.45) is 0. The van der Waals surface area contributed by atoms with Gasteiger partial charge >= 0.3 is 0 Å². The molecule has 8 aromatic carbocycles. The fourth-order valence-electron chi connectivity index (χ4n) is 8.53. The molecule has 0 bridgehead atoms. The Morgan fingerprint density at radius 1 is 0.448 bits per heavy atom. The molecule has 3 aromatic heterocycles. The summed E-state index contributed by atoms with van der Waals surface area (Å²) < 4.78 is 9.10. The number of benzene rings is 8. The molecule has 5 nitrogen and oxygen atoms in total. The zero-order valence-electron chi connectivity index (χ0n) is 31.2. The van der Waals surface area contributed by atoms with Crippen LogP contribution in [0.4, 0.5) is 0 Å². The number of rotatable bonds is 6. The summed E-state index contributed by atoms with van der Waals surface area (Å²) >= 11 is 0. The van der Waals surface area contributed by atoms with Crippen LogP contribution in [0.3, 0.4) is 0 Å². The van der Waals surface area contributed by atoms with E-state index in [1.165, 1.54) is 0 Å². The van der Waals surface area contributed by atoms with Gasteiger partial charge in [0.1, 0.15) is 22.8 Å². The summed E-state index contributed by atoms with van der Waals surface area (Å²) in [5.41, 5.74) is 13.0. The predicted octanol–water partition coefficient (Wildman–Crippen LogP) is 13.7. The molecule has 0 aliphatic heterocycles. The summed E-state index contributed by atoms with van der Waals surface area (Å²) in [6.45, 7) is 0. The Hall–Kier alpha value is -8.07. The first kappa shape index (κ1) is 33.3. The smallest absolute Gasteiger partial charge is 0.162 e. The average molecular weight is 741 g/mol. The van der Waals surface area contributed by atoms with E-state index in [9.17, 15) is 5.26 Å². The minimum Gasteiger partial charge on any atom is -0.455 e. The van der Waals surface area contributed by atoms with E-state index >= 15 is 0 Å². The Balaban J connectivity index is 1.34. The molecule has 0 spiro atoms. The predicted molar refractivity (Wildman–Crippen MR) is 236 cm³/mol. The topological polar surface area (TPSA) is 67.6 Å². The van der Waals surface area contributed by atoms with Crippen LogP contribution in [0.1, 0.15) is 5.56 Å². The minimum absolute atomic E-state index is 0.427. The largest absolute Gasteiger partial charge is 0.455 e. The number of hydrogen-bond acceptors (Lipinski definition) is 4. The first-order valence-corrected chi connectivity index (χ1v) is 19.3. The van der Waals surface area contributed by atoms with Crippen LogP contribution in [-0.2, 0) is 0 Å². The molecule has 5 heteroatoms. The highest BCUT2D eigenvalue weighted by molar-refractivity contribution is 6.24. The zero-order valence-corrected chi connectivity index (χ0v) is 31.2. The number of para-hydroxylation sites is 2. The van der Waals surface area contributed by atoms with E-state index in [-0.39, 0.29) is 0 Å². The standard InChI is InChI=1S/C53H32N4O/c54-33-43-49(36-21-9-3-10-22-36)55-53(56-50(43)37-23-11-4-12-24-37)42-30-29-38(34-17-5-1-6-18-34)47(35-19-7-2-8-20-35)51(42)57-44-27-15-13-26-41(44)48-45(57)32-31-40-39-25-14-16-28-46(39)58-52(40)48/h1-32H. The summed E-state index contributed by atoms with van der Waals surface area (Å²) in [5, 5.41) is 15.0. The Kier molecular flexibility index (Phi) is 7.80. The van der Waals surface area contributed by atoms with E-state index in [1.54, 1.807) is 0 Å². The molecular weight excluding hydrogens is 709 g/mol. The maximum Gasteiger partial charge on any atom is 0.162 e. The van der Waals surface area contributed by atoms with Crippen LogP contribution in [-0.4, -0.2) is 14.5 Å². The molecular formula is C53H32N4O. The third-order valence-corrected chi connectivity index (χ3v) is 11.1. The van der Waals surface area contributed by atoms with Gasteiger partial charge in [-0.25, -0.2) is 9.97 Å². The quantitative estimate of drug-likeness (QED) is 0.170. The third kappa shape index (κ3) is 5.24. The second-order valence-electron chi connectivity index (χ2n) is 14.4. The lowest BCUT2D eigenvalue weighted by Crippen LogP contribution is -2.06. The first-order valence-electron chi connectivity index (χ1n) is 19.3. The lowest BCUT2D eigenvalue weighted by molar-refractivity contribution is 0.673. The summed E-state index contributed by atoms with van der Waals surface area (Å²) in [5.74, 6) is 0.513. The van der Waals surface area contributed by atoms with Crippen LogP contribution in [0.5, 0.6) is 0 Å².